The average Bonchev–Trinajstić information content (AvgIpc) is 3.40. The van der Waals surface area contributed by atoms with Crippen LogP contribution in [0.5, 0.6) is 11.5 Å². The van der Waals surface area contributed by atoms with Gasteiger partial charge >= 0.3 is 12.2 Å². The molecule has 1 aliphatic heterocycles. The van der Waals surface area contributed by atoms with Gasteiger partial charge in [0.15, 0.2) is 0 Å². The highest BCUT2D eigenvalue weighted by Crippen LogP contribution is 2.62. The minimum absolute atomic E-state index is 0.00408. The van der Waals surface area contributed by atoms with Gasteiger partial charge in [0.05, 0.1) is 38.0 Å². The minimum atomic E-state index is -1.54. The summed E-state index contributed by atoms with van der Waals surface area (Å²) in [6.45, 7) is 7.45. The number of amides is 2. The Morgan fingerprint density at radius 3 is 2.37 bits per heavy atom. The summed E-state index contributed by atoms with van der Waals surface area (Å²) in [6, 6.07) is 38.2. The maximum absolute atomic E-state index is 15.2. The summed E-state index contributed by atoms with van der Waals surface area (Å²) in [6.07, 6.45) is 7.29. The molecule has 8 rings (SSSR count). The van der Waals surface area contributed by atoms with Crippen molar-refractivity contribution in [1.29, 1.82) is 0 Å². The lowest BCUT2D eigenvalue weighted by Gasteiger charge is -2.59. The molecule has 0 unspecified atom stereocenters. The highest BCUT2D eigenvalue weighted by molar-refractivity contribution is 6.03. The number of rotatable bonds is 24. The number of oxime groups is 1. The summed E-state index contributed by atoms with van der Waals surface area (Å²) in [5.41, 5.74) is 5.22. The van der Waals surface area contributed by atoms with Crippen LogP contribution in [0, 0.1) is 17.8 Å². The van der Waals surface area contributed by atoms with Crippen LogP contribution in [0.3, 0.4) is 0 Å². The number of unbranched alkanes of at least 4 members (excludes halogenated alkanes) is 2. The summed E-state index contributed by atoms with van der Waals surface area (Å²) in [7, 11) is 0. The Morgan fingerprint density at radius 1 is 0.873 bits per heavy atom. The molecule has 71 heavy (non-hydrogen) atoms. The molecule has 0 spiro atoms. The van der Waals surface area contributed by atoms with Crippen molar-refractivity contribution in [2.75, 3.05) is 39.6 Å². The Balaban J connectivity index is 1.25. The number of carbonyl (C=O) groups excluding carboxylic acids is 2. The van der Waals surface area contributed by atoms with E-state index in [1.54, 1.807) is 17.0 Å². The average molecular weight is 966 g/mol. The molecule has 13 nitrogen and oxygen atoms in total. The molecule has 6 atom stereocenters. The van der Waals surface area contributed by atoms with E-state index in [0.29, 0.717) is 49.8 Å². The molecule has 2 amide bonds. The predicted molar refractivity (Wildman–Crippen MR) is 273 cm³/mol. The first-order valence-electron chi connectivity index (χ1n) is 25.1. The first-order chi connectivity index (χ1) is 34.9. The van der Waals surface area contributed by atoms with E-state index in [-0.39, 0.29) is 63.8 Å². The largest absolute Gasteiger partial charge is 0.459 e. The topological polar surface area (TPSA) is 158 Å². The van der Waals surface area contributed by atoms with Crippen molar-refractivity contribution in [2.45, 2.75) is 89.3 Å². The fourth-order valence-electron chi connectivity index (χ4n) is 10.7. The zero-order valence-electron chi connectivity index (χ0n) is 40.7. The zero-order valence-corrected chi connectivity index (χ0v) is 40.7. The van der Waals surface area contributed by atoms with Crippen LogP contribution in [0.4, 0.5) is 9.59 Å². The molecule has 0 aromatic heterocycles. The number of aliphatic hydroxyl groups excluding tert-OH is 2. The quantitative estimate of drug-likeness (QED) is 0.0309. The van der Waals surface area contributed by atoms with Crippen LogP contribution in [0.15, 0.2) is 151 Å². The van der Waals surface area contributed by atoms with Gasteiger partial charge < -0.3 is 44.1 Å². The Bertz CT molecular complexity index is 2600. The van der Waals surface area contributed by atoms with Gasteiger partial charge in [-0.1, -0.05) is 133 Å². The Morgan fingerprint density at radius 2 is 1.61 bits per heavy atom. The molecule has 3 aliphatic rings. The number of nitrogens with one attached hydrogen (secondary N) is 1. The first kappa shape index (κ1) is 50.9. The van der Waals surface area contributed by atoms with Gasteiger partial charge in [-0.2, -0.15) is 0 Å². The van der Waals surface area contributed by atoms with E-state index in [0.717, 1.165) is 64.3 Å². The molecule has 0 radical (unpaired) electrons. The molecule has 1 saturated carbocycles. The van der Waals surface area contributed by atoms with Crippen LogP contribution < -0.4 is 14.8 Å². The van der Waals surface area contributed by atoms with Gasteiger partial charge in [0.2, 0.25) is 5.79 Å². The zero-order chi connectivity index (χ0) is 49.4. The second-order valence-corrected chi connectivity index (χ2v) is 18.3. The van der Waals surface area contributed by atoms with Crippen molar-refractivity contribution in [3.63, 3.8) is 0 Å². The number of allylic oxidation sites excluding steroid dienone is 1. The van der Waals surface area contributed by atoms with Crippen molar-refractivity contribution in [3.8, 4) is 11.5 Å². The Labute approximate surface area is 417 Å². The number of carbonyl (C=O) groups is 2. The van der Waals surface area contributed by atoms with E-state index in [1.807, 2.05) is 104 Å². The highest BCUT2D eigenvalue weighted by atomic mass is 16.7. The summed E-state index contributed by atoms with van der Waals surface area (Å²) < 4.78 is 32.8. The number of fused-ring (bicyclic) bond motifs is 3. The highest BCUT2D eigenvalue weighted by Gasteiger charge is 2.65. The van der Waals surface area contributed by atoms with Crippen molar-refractivity contribution in [1.82, 2.24) is 10.2 Å². The fraction of sp³-hybridized carbons (Fsp3) is 0.397. The molecule has 374 valence electrons. The van der Waals surface area contributed by atoms with E-state index in [2.05, 4.69) is 36.2 Å². The Hall–Kier alpha value is -6.51. The van der Waals surface area contributed by atoms with Gasteiger partial charge in [-0.15, -0.1) is 6.58 Å². The molecular formula is C58H67N3O10. The van der Waals surface area contributed by atoms with Crippen LogP contribution >= 0.6 is 0 Å². The Kier molecular flexibility index (Phi) is 17.9. The van der Waals surface area contributed by atoms with Gasteiger partial charge in [-0.05, 0) is 95.7 Å². The molecule has 3 N–H and O–H groups in total. The third-order valence-corrected chi connectivity index (χ3v) is 13.8. The van der Waals surface area contributed by atoms with Crippen LogP contribution in [-0.2, 0) is 38.7 Å². The van der Waals surface area contributed by atoms with Gasteiger partial charge in [0.25, 0.3) is 0 Å². The molecular weight excluding hydrogens is 899 g/mol. The molecule has 5 aromatic rings. The van der Waals surface area contributed by atoms with Crippen molar-refractivity contribution < 1.29 is 48.3 Å². The van der Waals surface area contributed by atoms with E-state index in [9.17, 15) is 15.0 Å². The van der Waals surface area contributed by atoms with Gasteiger partial charge in [-0.3, -0.25) is 4.90 Å². The molecule has 1 fully saturated rings. The first-order valence-corrected chi connectivity index (χ1v) is 25.1. The maximum Gasteiger partial charge on any atom is 0.412 e. The van der Waals surface area contributed by atoms with Crippen LogP contribution in [0.2, 0.25) is 0 Å². The number of benzene rings is 5. The van der Waals surface area contributed by atoms with E-state index in [4.69, 9.17) is 33.7 Å². The second-order valence-electron chi connectivity index (χ2n) is 18.3. The van der Waals surface area contributed by atoms with Crippen molar-refractivity contribution in [2.24, 2.45) is 22.9 Å². The lowest BCUT2D eigenvalue weighted by molar-refractivity contribution is -0.256. The molecule has 13 heteroatoms. The van der Waals surface area contributed by atoms with Crippen LogP contribution in [-0.4, -0.2) is 84.5 Å². The number of aliphatic hydroxyl groups is 2. The summed E-state index contributed by atoms with van der Waals surface area (Å²) in [5.74, 6) is -1.64. The molecule has 0 bridgehead atoms. The van der Waals surface area contributed by atoms with E-state index in [1.165, 1.54) is 0 Å². The molecule has 5 aromatic carbocycles. The van der Waals surface area contributed by atoms with Gasteiger partial charge in [0.1, 0.15) is 30.8 Å². The second kappa shape index (κ2) is 25.0. The normalized spacial score (nSPS) is 21.5. The van der Waals surface area contributed by atoms with E-state index < -0.39 is 29.9 Å². The predicted octanol–water partition coefficient (Wildman–Crippen LogP) is 10.6. The lowest BCUT2D eigenvalue weighted by Crippen LogP contribution is -2.70. The number of nitrogens with zero attached hydrogens (tertiary/aromatic N) is 2. The number of hydrogen-bond acceptors (Lipinski definition) is 11. The standard InChI is InChI=1S/C58H67N3O10/c1-3-32-68-58-53(61(39-45-25-17-24-43-22-11-12-26-47(43)45)57(65)67-34-33-66-40-42-20-9-6-10-21-42)37-51(60-69-4-2)49-35-44(23-13-15-30-62)48(27-14-16-31-63)54(55(49)58)50-36-46(28-29-52(50)71-58)70-56(64)59-38-41-18-7-5-8-19-41/h3,5-12,17-22,24-26,28-29,35-36,44,48,53-55,62-63H,1,4,13-16,23,27,30-34,37-40H2,2H3,(H,59,64)/t44-,48+,53-,54+,55+,58+/m0/s1. The van der Waals surface area contributed by atoms with Gasteiger partial charge in [0, 0.05) is 37.7 Å². The third-order valence-electron chi connectivity index (χ3n) is 13.8. The summed E-state index contributed by atoms with van der Waals surface area (Å²) >= 11 is 0. The maximum atomic E-state index is 15.2. The summed E-state index contributed by atoms with van der Waals surface area (Å²) in [4.78, 5) is 36.3. The number of ether oxygens (including phenoxy) is 5. The fourth-order valence-corrected chi connectivity index (χ4v) is 10.7. The van der Waals surface area contributed by atoms with Gasteiger partial charge in [-0.25, -0.2) is 9.59 Å². The van der Waals surface area contributed by atoms with E-state index >= 15 is 4.79 Å². The third kappa shape index (κ3) is 12.2. The molecule has 0 saturated heterocycles. The number of hydrogen-bond donors (Lipinski definition) is 3. The molecule has 1 heterocycles. The SMILES string of the molecule is C=CCO[C@@]12Oc3ccc(OC(=O)NCc4ccccc4)cc3[C@H]3[C@H](CCCCO)[C@@H](CCCCO)C=C(C(=NOCC)C[C@@H]1N(Cc1cccc4ccccc14)C(=O)OCCOCc1ccccc1)[C@H]32. The van der Waals surface area contributed by atoms with Crippen molar-refractivity contribution in [3.05, 3.63) is 168 Å². The smallest absolute Gasteiger partial charge is 0.412 e. The molecule has 2 aliphatic carbocycles. The monoisotopic (exact) mass is 965 g/mol. The van der Waals surface area contributed by atoms with Crippen LogP contribution in [0.25, 0.3) is 10.8 Å². The lowest BCUT2D eigenvalue weighted by atomic mass is 9.55. The minimum Gasteiger partial charge on any atom is -0.459 e. The summed E-state index contributed by atoms with van der Waals surface area (Å²) in [5, 5.41) is 29.8. The van der Waals surface area contributed by atoms with Crippen LogP contribution in [0.1, 0.15) is 80.0 Å². The van der Waals surface area contributed by atoms with Crippen molar-refractivity contribution >= 4 is 28.7 Å².